The molecule has 0 bridgehead atoms. The number of amides is 1. The average Bonchev–Trinajstić information content (AvgIpc) is 3.49. The van der Waals surface area contributed by atoms with E-state index in [9.17, 15) is 4.79 Å². The number of rotatable bonds is 5. The van der Waals surface area contributed by atoms with Crippen LogP contribution >= 0.6 is 11.3 Å². The highest BCUT2D eigenvalue weighted by atomic mass is 32.1. The van der Waals surface area contributed by atoms with Crippen molar-refractivity contribution in [2.45, 2.75) is 58.2 Å². The van der Waals surface area contributed by atoms with Gasteiger partial charge in [-0.2, -0.15) is 5.10 Å². The Morgan fingerprint density at radius 2 is 2.10 bits per heavy atom. The van der Waals surface area contributed by atoms with E-state index in [4.69, 9.17) is 10.1 Å². The van der Waals surface area contributed by atoms with Crippen LogP contribution in [0.3, 0.4) is 0 Å². The third-order valence-corrected chi connectivity index (χ3v) is 7.16. The highest BCUT2D eigenvalue weighted by Crippen LogP contribution is 2.28. The number of para-hydroxylation sites is 1. The van der Waals surface area contributed by atoms with Gasteiger partial charge in [-0.3, -0.25) is 9.48 Å². The number of hydrogen-bond acceptors (Lipinski definition) is 5. The molecule has 0 radical (unpaired) electrons. The molecule has 6 nitrogen and oxygen atoms in total. The van der Waals surface area contributed by atoms with Crippen molar-refractivity contribution in [2.24, 2.45) is 0 Å². The lowest BCUT2D eigenvalue weighted by Gasteiger charge is -2.24. The van der Waals surface area contributed by atoms with Crippen LogP contribution < -0.4 is 5.32 Å². The first kappa shape index (κ1) is 18.8. The molecule has 1 aliphatic heterocycles. The molecule has 1 fully saturated rings. The summed E-state index contributed by atoms with van der Waals surface area (Å²) in [6.07, 6.45) is 5.13. The number of likely N-dealkylation sites (tertiary alicyclic amines) is 1. The molecule has 5 rings (SSSR count). The Kier molecular flexibility index (Phi) is 5.09. The van der Waals surface area contributed by atoms with Gasteiger partial charge in [0, 0.05) is 43.5 Å². The summed E-state index contributed by atoms with van der Waals surface area (Å²) in [6, 6.07) is 8.64. The van der Waals surface area contributed by atoms with Gasteiger partial charge >= 0.3 is 0 Å². The van der Waals surface area contributed by atoms with Gasteiger partial charge in [0.25, 0.3) is 5.91 Å². The predicted molar refractivity (Wildman–Crippen MR) is 115 cm³/mol. The number of benzene rings is 1. The minimum Gasteiger partial charge on any atom is -0.337 e. The van der Waals surface area contributed by atoms with Crippen LogP contribution in [0.15, 0.2) is 24.3 Å². The number of thiazole rings is 1. The van der Waals surface area contributed by atoms with Crippen molar-refractivity contribution in [3.63, 3.8) is 0 Å². The zero-order chi connectivity index (χ0) is 19.8. The topological polar surface area (TPSA) is 63.1 Å². The molecular weight excluding hydrogens is 382 g/mol. The second kappa shape index (κ2) is 7.88. The number of nitrogens with one attached hydrogen (secondary N) is 1. The zero-order valence-electron chi connectivity index (χ0n) is 16.9. The molecule has 3 aromatic rings. The third kappa shape index (κ3) is 3.57. The molecule has 1 amide bonds. The van der Waals surface area contributed by atoms with E-state index in [0.29, 0.717) is 11.7 Å². The smallest absolute Gasteiger partial charge is 0.274 e. The fourth-order valence-electron chi connectivity index (χ4n) is 4.59. The maximum atomic E-state index is 13.1. The molecule has 3 heterocycles. The Hall–Kier alpha value is -2.25. The third-order valence-electron chi connectivity index (χ3n) is 6.12. The second-order valence-electron chi connectivity index (χ2n) is 7.98. The summed E-state index contributed by atoms with van der Waals surface area (Å²) in [5.74, 6) is 0.123. The van der Waals surface area contributed by atoms with Crippen molar-refractivity contribution < 1.29 is 4.79 Å². The van der Waals surface area contributed by atoms with Crippen LogP contribution in [0, 0.1) is 0 Å². The first-order valence-corrected chi connectivity index (χ1v) is 11.5. The number of hydrogen-bond donors (Lipinski definition) is 1. The number of carbonyl (C=O) groups is 1. The van der Waals surface area contributed by atoms with Crippen LogP contribution in [0.25, 0.3) is 10.2 Å². The molecule has 1 saturated heterocycles. The van der Waals surface area contributed by atoms with E-state index in [2.05, 4.69) is 30.4 Å². The van der Waals surface area contributed by atoms with Crippen molar-refractivity contribution >= 4 is 27.5 Å². The van der Waals surface area contributed by atoms with Gasteiger partial charge in [0.1, 0.15) is 5.01 Å². The minimum absolute atomic E-state index is 0.123. The lowest BCUT2D eigenvalue weighted by molar-refractivity contribution is 0.0785. The summed E-state index contributed by atoms with van der Waals surface area (Å²) in [6.45, 7) is 5.43. The molecule has 29 heavy (non-hydrogen) atoms. The van der Waals surface area contributed by atoms with Gasteiger partial charge in [0.2, 0.25) is 0 Å². The Balaban J connectivity index is 1.32. The minimum atomic E-state index is 0.123. The summed E-state index contributed by atoms with van der Waals surface area (Å²) in [5, 5.41) is 9.53. The number of fused-ring (bicyclic) bond motifs is 2. The van der Waals surface area contributed by atoms with E-state index in [1.165, 1.54) is 10.4 Å². The lowest BCUT2D eigenvalue weighted by Crippen LogP contribution is -2.35. The second-order valence-corrected chi connectivity index (χ2v) is 9.10. The number of aromatic nitrogens is 3. The Bertz CT molecular complexity index is 1000. The van der Waals surface area contributed by atoms with Crippen LogP contribution in [-0.2, 0) is 25.9 Å². The molecular formula is C22H27N5OS. The van der Waals surface area contributed by atoms with Crippen molar-refractivity contribution in [1.82, 2.24) is 25.0 Å². The maximum Gasteiger partial charge on any atom is 0.274 e. The summed E-state index contributed by atoms with van der Waals surface area (Å²) >= 11 is 1.75. The van der Waals surface area contributed by atoms with Gasteiger partial charge in [-0.25, -0.2) is 4.98 Å². The van der Waals surface area contributed by atoms with Crippen molar-refractivity contribution in [1.29, 1.82) is 0 Å². The van der Waals surface area contributed by atoms with Crippen molar-refractivity contribution in [3.05, 3.63) is 46.2 Å². The number of aryl methyl sites for hydroxylation is 1. The van der Waals surface area contributed by atoms with Gasteiger partial charge < -0.3 is 10.2 Å². The van der Waals surface area contributed by atoms with Crippen LogP contribution in [0.4, 0.5) is 0 Å². The molecule has 1 unspecified atom stereocenters. The first-order chi connectivity index (χ1) is 14.2. The van der Waals surface area contributed by atoms with E-state index in [1.807, 2.05) is 15.6 Å². The Morgan fingerprint density at radius 3 is 2.90 bits per heavy atom. The first-order valence-electron chi connectivity index (χ1n) is 10.7. The molecule has 0 spiro atoms. The van der Waals surface area contributed by atoms with E-state index < -0.39 is 0 Å². The van der Waals surface area contributed by atoms with E-state index in [-0.39, 0.29) is 5.91 Å². The quantitative estimate of drug-likeness (QED) is 0.702. The zero-order valence-corrected chi connectivity index (χ0v) is 17.7. The summed E-state index contributed by atoms with van der Waals surface area (Å²) in [5.41, 5.74) is 4.18. The van der Waals surface area contributed by atoms with Gasteiger partial charge in [-0.05, 0) is 51.2 Å². The number of carbonyl (C=O) groups excluding carboxylic acids is 1. The van der Waals surface area contributed by atoms with E-state index in [1.54, 1.807) is 11.3 Å². The Labute approximate surface area is 174 Å². The van der Waals surface area contributed by atoms with Gasteiger partial charge in [0.05, 0.1) is 10.2 Å². The van der Waals surface area contributed by atoms with Crippen LogP contribution in [0.5, 0.6) is 0 Å². The highest BCUT2D eigenvalue weighted by molar-refractivity contribution is 7.18. The molecule has 1 aliphatic carbocycles. The standard InChI is InChI=1S/C22H27N5OS/c1-2-27-18-10-9-15(23-14-20-24-17-7-3-4-8-19(17)29-20)13-16(18)21(25-27)22(28)26-11-5-6-12-26/h3-4,7-8,15,23H,2,5-6,9-14H2,1H3. The average molecular weight is 410 g/mol. The molecule has 2 aliphatic rings. The molecule has 1 N–H and O–H groups in total. The van der Waals surface area contributed by atoms with Gasteiger partial charge in [-0.1, -0.05) is 12.1 Å². The lowest BCUT2D eigenvalue weighted by atomic mass is 9.91. The van der Waals surface area contributed by atoms with Crippen LogP contribution in [0.2, 0.25) is 0 Å². The maximum absolute atomic E-state index is 13.1. The monoisotopic (exact) mass is 409 g/mol. The van der Waals surface area contributed by atoms with E-state index >= 15 is 0 Å². The molecule has 2 aromatic heterocycles. The van der Waals surface area contributed by atoms with Crippen LogP contribution in [-0.4, -0.2) is 44.7 Å². The van der Waals surface area contributed by atoms with E-state index in [0.717, 1.165) is 74.4 Å². The predicted octanol–water partition coefficient (Wildman–Crippen LogP) is 3.40. The highest BCUT2D eigenvalue weighted by Gasteiger charge is 2.31. The molecule has 1 atom stereocenters. The van der Waals surface area contributed by atoms with Crippen molar-refractivity contribution in [3.8, 4) is 0 Å². The summed E-state index contributed by atoms with van der Waals surface area (Å²) in [7, 11) is 0. The molecule has 0 saturated carbocycles. The van der Waals surface area contributed by atoms with Crippen molar-refractivity contribution in [2.75, 3.05) is 13.1 Å². The largest absolute Gasteiger partial charge is 0.337 e. The molecule has 1 aromatic carbocycles. The van der Waals surface area contributed by atoms with Crippen LogP contribution in [0.1, 0.15) is 52.9 Å². The summed E-state index contributed by atoms with van der Waals surface area (Å²) in [4.78, 5) is 19.8. The fourth-order valence-corrected chi connectivity index (χ4v) is 5.51. The Morgan fingerprint density at radius 1 is 1.28 bits per heavy atom. The summed E-state index contributed by atoms with van der Waals surface area (Å²) < 4.78 is 3.28. The van der Waals surface area contributed by atoms with Gasteiger partial charge in [-0.15, -0.1) is 11.3 Å². The number of nitrogens with zero attached hydrogens (tertiary/aromatic N) is 4. The molecule has 152 valence electrons. The molecule has 7 heteroatoms. The van der Waals surface area contributed by atoms with Gasteiger partial charge in [0.15, 0.2) is 5.69 Å². The SMILES string of the molecule is CCn1nc(C(=O)N2CCCC2)c2c1CCC(NCc1nc3ccccc3s1)C2. The normalized spacial score (nSPS) is 19.1. The fraction of sp³-hybridized carbons (Fsp3) is 0.500.